The molecule has 1 fully saturated rings. The van der Waals surface area contributed by atoms with Gasteiger partial charge in [0, 0.05) is 19.1 Å². The number of nitrogens with one attached hydrogen (secondary N) is 1. The predicted molar refractivity (Wildman–Crippen MR) is 70.1 cm³/mol. The minimum absolute atomic E-state index is 0.628. The summed E-state index contributed by atoms with van der Waals surface area (Å²) in [5, 5.41) is 4.13. The monoisotopic (exact) mass is 226 g/mol. The third-order valence-electron chi connectivity index (χ3n) is 2.93. The van der Waals surface area contributed by atoms with Crippen LogP contribution in [0.5, 0.6) is 0 Å². The van der Waals surface area contributed by atoms with E-state index in [1.54, 1.807) is 0 Å². The van der Waals surface area contributed by atoms with Gasteiger partial charge in [-0.15, -0.1) is 6.58 Å². The standard InChI is InChI=1S/C12H22N2S/c1-3-10-14(12(15)13-4-2)11-8-6-5-7-9-11/h3,11H,1,4-10H2,2H3,(H,13,15). The molecule has 0 amide bonds. The highest BCUT2D eigenvalue weighted by Gasteiger charge is 2.21. The van der Waals surface area contributed by atoms with E-state index in [9.17, 15) is 0 Å². The largest absolute Gasteiger partial charge is 0.363 e. The zero-order valence-corrected chi connectivity index (χ0v) is 10.5. The van der Waals surface area contributed by atoms with Crippen LogP contribution in [0.2, 0.25) is 0 Å². The average molecular weight is 226 g/mol. The molecular formula is C12H22N2S. The van der Waals surface area contributed by atoms with E-state index >= 15 is 0 Å². The fourth-order valence-electron chi connectivity index (χ4n) is 2.18. The molecule has 2 nitrogen and oxygen atoms in total. The summed E-state index contributed by atoms with van der Waals surface area (Å²) in [6, 6.07) is 0.628. The molecule has 0 aliphatic heterocycles. The number of nitrogens with zero attached hydrogens (tertiary/aromatic N) is 1. The van der Waals surface area contributed by atoms with E-state index in [0.717, 1.165) is 18.2 Å². The highest BCUT2D eigenvalue weighted by atomic mass is 32.1. The summed E-state index contributed by atoms with van der Waals surface area (Å²) in [5.41, 5.74) is 0. The number of rotatable bonds is 4. The smallest absolute Gasteiger partial charge is 0.169 e. The van der Waals surface area contributed by atoms with Crippen molar-refractivity contribution in [2.45, 2.75) is 45.1 Å². The zero-order valence-electron chi connectivity index (χ0n) is 9.67. The molecule has 1 aliphatic carbocycles. The highest BCUT2D eigenvalue weighted by Crippen LogP contribution is 2.22. The fourth-order valence-corrected chi connectivity index (χ4v) is 2.55. The molecule has 1 saturated carbocycles. The maximum Gasteiger partial charge on any atom is 0.169 e. The molecule has 0 spiro atoms. The van der Waals surface area contributed by atoms with E-state index in [1.165, 1.54) is 32.1 Å². The van der Waals surface area contributed by atoms with E-state index in [4.69, 9.17) is 12.2 Å². The van der Waals surface area contributed by atoms with Gasteiger partial charge in [0.2, 0.25) is 0 Å². The first-order chi connectivity index (χ1) is 7.29. The molecule has 0 aromatic carbocycles. The van der Waals surface area contributed by atoms with Crippen molar-refractivity contribution in [1.29, 1.82) is 0 Å². The summed E-state index contributed by atoms with van der Waals surface area (Å²) in [6.45, 7) is 7.66. The van der Waals surface area contributed by atoms with Crippen molar-refractivity contribution < 1.29 is 0 Å². The zero-order chi connectivity index (χ0) is 11.1. The molecule has 0 bridgehead atoms. The van der Waals surface area contributed by atoms with Crippen molar-refractivity contribution >= 4 is 17.3 Å². The molecule has 0 aromatic heterocycles. The Morgan fingerprint density at radius 1 is 1.47 bits per heavy atom. The van der Waals surface area contributed by atoms with Crippen LogP contribution < -0.4 is 5.32 Å². The number of hydrogen-bond donors (Lipinski definition) is 1. The van der Waals surface area contributed by atoms with Gasteiger partial charge in [0.15, 0.2) is 5.11 Å². The van der Waals surface area contributed by atoms with Gasteiger partial charge in [-0.2, -0.15) is 0 Å². The summed E-state index contributed by atoms with van der Waals surface area (Å²) in [7, 11) is 0. The first kappa shape index (κ1) is 12.5. The maximum atomic E-state index is 5.39. The van der Waals surface area contributed by atoms with Crippen molar-refractivity contribution in [2.75, 3.05) is 13.1 Å². The van der Waals surface area contributed by atoms with E-state index in [0.29, 0.717) is 6.04 Å². The quantitative estimate of drug-likeness (QED) is 0.586. The van der Waals surface area contributed by atoms with Gasteiger partial charge in [-0.3, -0.25) is 0 Å². The lowest BCUT2D eigenvalue weighted by atomic mass is 9.94. The highest BCUT2D eigenvalue weighted by molar-refractivity contribution is 7.80. The fraction of sp³-hybridized carbons (Fsp3) is 0.750. The van der Waals surface area contributed by atoms with Crippen LogP contribution in [-0.2, 0) is 0 Å². The third kappa shape index (κ3) is 3.82. The lowest BCUT2D eigenvalue weighted by Crippen LogP contribution is -2.46. The molecule has 0 atom stereocenters. The van der Waals surface area contributed by atoms with Gasteiger partial charge < -0.3 is 10.2 Å². The SMILES string of the molecule is C=CCN(C(=S)NCC)C1CCCCC1. The lowest BCUT2D eigenvalue weighted by Gasteiger charge is -2.35. The van der Waals surface area contributed by atoms with Crippen LogP contribution in [0.3, 0.4) is 0 Å². The van der Waals surface area contributed by atoms with Gasteiger partial charge >= 0.3 is 0 Å². The van der Waals surface area contributed by atoms with Crippen molar-refractivity contribution in [2.24, 2.45) is 0 Å². The second-order valence-corrected chi connectivity index (χ2v) is 4.46. The van der Waals surface area contributed by atoms with Gasteiger partial charge in [0.05, 0.1) is 0 Å². The van der Waals surface area contributed by atoms with Gasteiger partial charge in [0.1, 0.15) is 0 Å². The van der Waals surface area contributed by atoms with Gasteiger partial charge in [-0.25, -0.2) is 0 Å². The second-order valence-electron chi connectivity index (χ2n) is 4.07. The lowest BCUT2D eigenvalue weighted by molar-refractivity contribution is 0.258. The van der Waals surface area contributed by atoms with Crippen molar-refractivity contribution in [3.8, 4) is 0 Å². The molecule has 3 heteroatoms. The Bertz CT molecular complexity index is 210. The molecular weight excluding hydrogens is 204 g/mol. The molecule has 0 heterocycles. The topological polar surface area (TPSA) is 15.3 Å². The van der Waals surface area contributed by atoms with Crippen LogP contribution in [0.1, 0.15) is 39.0 Å². The van der Waals surface area contributed by atoms with Crippen LogP contribution in [0.25, 0.3) is 0 Å². The van der Waals surface area contributed by atoms with E-state index in [1.807, 2.05) is 6.08 Å². The molecule has 1 N–H and O–H groups in total. The van der Waals surface area contributed by atoms with Crippen molar-refractivity contribution in [3.05, 3.63) is 12.7 Å². The Labute approximate surface area is 98.7 Å². The molecule has 86 valence electrons. The molecule has 0 saturated heterocycles. The Hall–Kier alpha value is -0.570. The van der Waals surface area contributed by atoms with E-state index in [-0.39, 0.29) is 0 Å². The van der Waals surface area contributed by atoms with Crippen LogP contribution in [0.4, 0.5) is 0 Å². The molecule has 0 aromatic rings. The predicted octanol–water partition coefficient (Wildman–Crippen LogP) is 2.70. The first-order valence-corrected chi connectivity index (χ1v) is 6.35. The summed E-state index contributed by atoms with van der Waals surface area (Å²) in [6.07, 6.45) is 8.56. The minimum Gasteiger partial charge on any atom is -0.363 e. The normalized spacial score (nSPS) is 17.1. The maximum absolute atomic E-state index is 5.39. The van der Waals surface area contributed by atoms with Crippen LogP contribution in [-0.4, -0.2) is 29.1 Å². The second kappa shape index (κ2) is 6.83. The van der Waals surface area contributed by atoms with Crippen LogP contribution in [0.15, 0.2) is 12.7 Å². The molecule has 0 unspecified atom stereocenters. The third-order valence-corrected chi connectivity index (χ3v) is 3.31. The van der Waals surface area contributed by atoms with Crippen molar-refractivity contribution in [1.82, 2.24) is 10.2 Å². The van der Waals surface area contributed by atoms with Gasteiger partial charge in [-0.05, 0) is 32.0 Å². The number of hydrogen-bond acceptors (Lipinski definition) is 1. The summed E-state index contributed by atoms with van der Waals surface area (Å²) in [5.74, 6) is 0. The summed E-state index contributed by atoms with van der Waals surface area (Å²) < 4.78 is 0. The van der Waals surface area contributed by atoms with Gasteiger partial charge in [0.25, 0.3) is 0 Å². The summed E-state index contributed by atoms with van der Waals surface area (Å²) in [4.78, 5) is 2.30. The Kier molecular flexibility index (Phi) is 5.69. The van der Waals surface area contributed by atoms with Gasteiger partial charge in [-0.1, -0.05) is 25.3 Å². The minimum atomic E-state index is 0.628. The average Bonchev–Trinajstić information content (AvgIpc) is 2.27. The Morgan fingerprint density at radius 2 is 2.13 bits per heavy atom. The molecule has 1 rings (SSSR count). The summed E-state index contributed by atoms with van der Waals surface area (Å²) >= 11 is 5.39. The Balaban J connectivity index is 2.54. The first-order valence-electron chi connectivity index (χ1n) is 5.95. The van der Waals surface area contributed by atoms with Crippen LogP contribution in [0, 0.1) is 0 Å². The van der Waals surface area contributed by atoms with Crippen molar-refractivity contribution in [3.63, 3.8) is 0 Å². The molecule has 0 radical (unpaired) electrons. The number of thiocarbonyl (C=S) groups is 1. The van der Waals surface area contributed by atoms with E-state index < -0.39 is 0 Å². The van der Waals surface area contributed by atoms with E-state index in [2.05, 4.69) is 23.7 Å². The van der Waals surface area contributed by atoms with Crippen LogP contribution >= 0.6 is 12.2 Å². The molecule has 1 aliphatic rings. The molecule has 15 heavy (non-hydrogen) atoms. The Morgan fingerprint density at radius 3 is 2.67 bits per heavy atom.